The highest BCUT2D eigenvalue weighted by Crippen LogP contribution is 2.23. The van der Waals surface area contributed by atoms with Crippen molar-refractivity contribution in [3.63, 3.8) is 0 Å². The number of carboxylic acid groups (broad SMARTS) is 1. The van der Waals surface area contributed by atoms with E-state index in [-0.39, 0.29) is 5.82 Å². The van der Waals surface area contributed by atoms with E-state index in [2.05, 4.69) is 9.97 Å². The molecule has 1 heterocycles. The molecular formula is C14H14N2O2. The van der Waals surface area contributed by atoms with Crippen LogP contribution in [0.15, 0.2) is 24.3 Å². The van der Waals surface area contributed by atoms with Crippen LogP contribution in [-0.2, 0) is 0 Å². The molecule has 0 unspecified atom stereocenters. The normalized spacial score (nSPS) is 10.4. The van der Waals surface area contributed by atoms with Crippen molar-refractivity contribution in [2.24, 2.45) is 0 Å². The van der Waals surface area contributed by atoms with Gasteiger partial charge >= 0.3 is 5.97 Å². The van der Waals surface area contributed by atoms with Crippen molar-refractivity contribution in [3.8, 4) is 11.3 Å². The molecule has 1 aromatic carbocycles. The number of carboxylic acids is 1. The topological polar surface area (TPSA) is 63.1 Å². The molecule has 2 rings (SSSR count). The van der Waals surface area contributed by atoms with Crippen LogP contribution in [0, 0.1) is 20.8 Å². The van der Waals surface area contributed by atoms with Crippen molar-refractivity contribution in [2.75, 3.05) is 0 Å². The van der Waals surface area contributed by atoms with Gasteiger partial charge in [-0.3, -0.25) is 0 Å². The van der Waals surface area contributed by atoms with Crippen LogP contribution in [0.25, 0.3) is 11.3 Å². The Kier molecular flexibility index (Phi) is 3.10. The number of aromatic carboxylic acids is 1. The van der Waals surface area contributed by atoms with Gasteiger partial charge < -0.3 is 5.11 Å². The fourth-order valence-corrected chi connectivity index (χ4v) is 1.90. The first-order chi connectivity index (χ1) is 8.47. The number of benzene rings is 1. The zero-order chi connectivity index (χ0) is 13.3. The second kappa shape index (κ2) is 4.56. The van der Waals surface area contributed by atoms with Gasteiger partial charge in [0, 0.05) is 11.3 Å². The number of rotatable bonds is 2. The number of hydrogen-bond donors (Lipinski definition) is 1. The molecule has 0 radical (unpaired) electrons. The Hall–Kier alpha value is -2.23. The lowest BCUT2D eigenvalue weighted by atomic mass is 10.0. The van der Waals surface area contributed by atoms with Gasteiger partial charge in [0.15, 0.2) is 0 Å². The molecule has 0 aliphatic carbocycles. The molecule has 0 spiro atoms. The SMILES string of the molecule is Cc1ccc(-c2cc(C)nc(C(=O)O)n2)c(C)c1. The largest absolute Gasteiger partial charge is 0.475 e. The highest BCUT2D eigenvalue weighted by atomic mass is 16.4. The fraction of sp³-hybridized carbons (Fsp3) is 0.214. The van der Waals surface area contributed by atoms with Crippen LogP contribution in [0.5, 0.6) is 0 Å². The molecular weight excluding hydrogens is 228 g/mol. The molecule has 1 N–H and O–H groups in total. The van der Waals surface area contributed by atoms with Crippen LogP contribution in [0.3, 0.4) is 0 Å². The first-order valence-corrected chi connectivity index (χ1v) is 5.64. The number of hydrogen-bond acceptors (Lipinski definition) is 3. The summed E-state index contributed by atoms with van der Waals surface area (Å²) in [6.45, 7) is 5.77. The Bertz CT molecular complexity index is 621. The fourth-order valence-electron chi connectivity index (χ4n) is 1.90. The first-order valence-electron chi connectivity index (χ1n) is 5.64. The lowest BCUT2D eigenvalue weighted by Gasteiger charge is -2.07. The van der Waals surface area contributed by atoms with Crippen LogP contribution in [-0.4, -0.2) is 21.0 Å². The lowest BCUT2D eigenvalue weighted by molar-refractivity contribution is 0.0683. The average molecular weight is 242 g/mol. The maximum atomic E-state index is 11.0. The summed E-state index contributed by atoms with van der Waals surface area (Å²) in [5.41, 5.74) is 4.48. The van der Waals surface area contributed by atoms with Gasteiger partial charge in [0.2, 0.25) is 5.82 Å². The third-order valence-electron chi connectivity index (χ3n) is 2.70. The van der Waals surface area contributed by atoms with Crippen LogP contribution >= 0.6 is 0 Å². The van der Waals surface area contributed by atoms with E-state index in [1.807, 2.05) is 32.0 Å². The summed E-state index contributed by atoms with van der Waals surface area (Å²) in [5.74, 6) is -1.27. The second-order valence-electron chi connectivity index (χ2n) is 4.34. The summed E-state index contributed by atoms with van der Waals surface area (Å²) in [7, 11) is 0. The van der Waals surface area contributed by atoms with Crippen molar-refractivity contribution in [2.45, 2.75) is 20.8 Å². The Morgan fingerprint density at radius 1 is 1.11 bits per heavy atom. The third kappa shape index (κ3) is 2.37. The van der Waals surface area contributed by atoms with Gasteiger partial charge in [-0.15, -0.1) is 0 Å². The molecule has 92 valence electrons. The summed E-state index contributed by atoms with van der Waals surface area (Å²) >= 11 is 0. The van der Waals surface area contributed by atoms with Crippen LogP contribution < -0.4 is 0 Å². The highest BCUT2D eigenvalue weighted by molar-refractivity contribution is 5.84. The standard InChI is InChI=1S/C14H14N2O2/c1-8-4-5-11(9(2)6-8)12-7-10(3)15-13(16-12)14(17)18/h4-7H,1-3H3,(H,17,18). The molecule has 4 nitrogen and oxygen atoms in total. The minimum atomic E-state index is -1.11. The molecule has 0 saturated carbocycles. The van der Waals surface area contributed by atoms with Gasteiger partial charge in [-0.25, -0.2) is 14.8 Å². The predicted octanol–water partition coefficient (Wildman–Crippen LogP) is 2.77. The van der Waals surface area contributed by atoms with Crippen LogP contribution in [0.4, 0.5) is 0 Å². The smallest absolute Gasteiger partial charge is 0.373 e. The molecule has 18 heavy (non-hydrogen) atoms. The van der Waals surface area contributed by atoms with Gasteiger partial charge in [0.1, 0.15) is 0 Å². The molecule has 0 atom stereocenters. The quantitative estimate of drug-likeness (QED) is 0.879. The molecule has 4 heteroatoms. The van der Waals surface area contributed by atoms with E-state index in [0.29, 0.717) is 11.4 Å². The van der Waals surface area contributed by atoms with Crippen molar-refractivity contribution in [1.82, 2.24) is 9.97 Å². The van der Waals surface area contributed by atoms with E-state index < -0.39 is 5.97 Å². The number of nitrogens with zero attached hydrogens (tertiary/aromatic N) is 2. The van der Waals surface area contributed by atoms with E-state index in [1.165, 1.54) is 5.56 Å². The minimum absolute atomic E-state index is 0.162. The van der Waals surface area contributed by atoms with Gasteiger partial charge in [0.05, 0.1) is 5.69 Å². The molecule has 2 aromatic rings. The Morgan fingerprint density at radius 3 is 2.44 bits per heavy atom. The summed E-state index contributed by atoms with van der Waals surface area (Å²) in [6, 6.07) is 7.79. The monoisotopic (exact) mass is 242 g/mol. The minimum Gasteiger partial charge on any atom is -0.475 e. The first kappa shape index (κ1) is 12.2. The molecule has 0 aliphatic heterocycles. The summed E-state index contributed by atoms with van der Waals surface area (Å²) in [6.07, 6.45) is 0. The van der Waals surface area contributed by atoms with E-state index in [0.717, 1.165) is 11.1 Å². The van der Waals surface area contributed by atoms with Crippen molar-refractivity contribution < 1.29 is 9.90 Å². The van der Waals surface area contributed by atoms with Crippen LogP contribution in [0.2, 0.25) is 0 Å². The lowest BCUT2D eigenvalue weighted by Crippen LogP contribution is -2.06. The molecule has 0 amide bonds. The molecule has 0 saturated heterocycles. The van der Waals surface area contributed by atoms with Gasteiger partial charge in [-0.2, -0.15) is 0 Å². The highest BCUT2D eigenvalue weighted by Gasteiger charge is 2.11. The van der Waals surface area contributed by atoms with Crippen LogP contribution in [0.1, 0.15) is 27.4 Å². The van der Waals surface area contributed by atoms with E-state index in [9.17, 15) is 4.79 Å². The van der Waals surface area contributed by atoms with Gasteiger partial charge in [0.25, 0.3) is 0 Å². The maximum Gasteiger partial charge on any atom is 0.373 e. The van der Waals surface area contributed by atoms with Crippen molar-refractivity contribution in [3.05, 3.63) is 46.9 Å². The molecule has 0 bridgehead atoms. The summed E-state index contributed by atoms with van der Waals surface area (Å²) < 4.78 is 0. The number of carbonyl (C=O) groups is 1. The third-order valence-corrected chi connectivity index (χ3v) is 2.70. The zero-order valence-electron chi connectivity index (χ0n) is 10.6. The maximum absolute atomic E-state index is 11.0. The number of aryl methyl sites for hydroxylation is 3. The van der Waals surface area contributed by atoms with Gasteiger partial charge in [-0.1, -0.05) is 23.8 Å². The number of aromatic nitrogens is 2. The molecule has 1 aromatic heterocycles. The average Bonchev–Trinajstić information content (AvgIpc) is 2.27. The van der Waals surface area contributed by atoms with E-state index in [4.69, 9.17) is 5.11 Å². The Morgan fingerprint density at radius 2 is 1.83 bits per heavy atom. The molecule has 0 aliphatic rings. The van der Waals surface area contributed by atoms with Gasteiger partial charge in [-0.05, 0) is 32.4 Å². The second-order valence-corrected chi connectivity index (χ2v) is 4.34. The predicted molar refractivity (Wildman–Crippen MR) is 68.6 cm³/mol. The summed E-state index contributed by atoms with van der Waals surface area (Å²) in [4.78, 5) is 18.9. The van der Waals surface area contributed by atoms with Crippen molar-refractivity contribution in [1.29, 1.82) is 0 Å². The Balaban J connectivity index is 2.60. The van der Waals surface area contributed by atoms with E-state index in [1.54, 1.807) is 13.0 Å². The van der Waals surface area contributed by atoms with E-state index >= 15 is 0 Å². The Labute approximate surface area is 105 Å². The zero-order valence-corrected chi connectivity index (χ0v) is 10.6. The van der Waals surface area contributed by atoms with Crippen molar-refractivity contribution >= 4 is 5.97 Å². The summed E-state index contributed by atoms with van der Waals surface area (Å²) in [5, 5.41) is 8.97. The molecule has 0 fully saturated rings.